The molecule has 0 atom stereocenters. The molecule has 0 spiro atoms. The third kappa shape index (κ3) is 5.51. The highest BCUT2D eigenvalue weighted by Crippen LogP contribution is 2.25. The first-order valence-electron chi connectivity index (χ1n) is 11.1. The summed E-state index contributed by atoms with van der Waals surface area (Å²) in [4.78, 5) is 26.2. The van der Waals surface area contributed by atoms with E-state index in [1.54, 1.807) is 0 Å². The second-order valence-corrected chi connectivity index (χ2v) is 8.17. The molecule has 0 aliphatic carbocycles. The summed E-state index contributed by atoms with van der Waals surface area (Å²) in [5, 5.41) is 0. The number of aromatic nitrogens is 2. The zero-order valence-corrected chi connectivity index (χ0v) is 18.8. The van der Waals surface area contributed by atoms with E-state index in [2.05, 4.69) is 41.1 Å². The molecule has 0 N–H and O–H groups in total. The van der Waals surface area contributed by atoms with Crippen molar-refractivity contribution in [3.05, 3.63) is 88.9 Å². The molecule has 0 saturated carbocycles. The summed E-state index contributed by atoms with van der Waals surface area (Å²) in [7, 11) is 0. The Balaban J connectivity index is 1.37. The lowest BCUT2D eigenvalue weighted by molar-refractivity contribution is -0.136. The molecule has 1 aromatic heterocycles. The van der Waals surface area contributed by atoms with Gasteiger partial charge in [-0.2, -0.15) is 0 Å². The van der Waals surface area contributed by atoms with Gasteiger partial charge in [-0.05, 0) is 25.0 Å². The molecule has 1 amide bonds. The van der Waals surface area contributed by atoms with Crippen molar-refractivity contribution in [1.29, 1.82) is 0 Å². The van der Waals surface area contributed by atoms with Gasteiger partial charge >= 0.3 is 0 Å². The second kappa shape index (κ2) is 10.4. The zero-order valence-electron chi connectivity index (χ0n) is 18.8. The number of anilines is 1. The molecule has 4 rings (SSSR count). The topological polar surface area (TPSA) is 58.6 Å². The molecule has 2 aromatic carbocycles. The fraction of sp³-hybridized carbons (Fsp3) is 0.346. The molecular formula is C26H30N4O2. The van der Waals surface area contributed by atoms with Crippen LogP contribution in [0.25, 0.3) is 0 Å². The van der Waals surface area contributed by atoms with Crippen molar-refractivity contribution in [2.45, 2.75) is 26.9 Å². The Kier molecular flexibility index (Phi) is 7.12. The number of nitrogens with zero attached hydrogens (tertiary/aromatic N) is 4. The van der Waals surface area contributed by atoms with Crippen molar-refractivity contribution in [3.8, 4) is 0 Å². The predicted octanol–water partition coefficient (Wildman–Crippen LogP) is 3.55. The van der Waals surface area contributed by atoms with Gasteiger partial charge < -0.3 is 14.5 Å². The molecule has 1 aliphatic rings. The molecule has 166 valence electrons. The number of piperazine rings is 1. The molecule has 1 fully saturated rings. The van der Waals surface area contributed by atoms with Crippen LogP contribution in [-0.4, -0.2) is 53.6 Å². The van der Waals surface area contributed by atoms with Crippen LogP contribution in [0, 0.1) is 13.8 Å². The first-order chi connectivity index (χ1) is 15.6. The molecule has 3 aromatic rings. The Morgan fingerprint density at radius 2 is 1.50 bits per heavy atom. The quantitative estimate of drug-likeness (QED) is 0.574. The summed E-state index contributed by atoms with van der Waals surface area (Å²) in [6, 6.07) is 20.3. The smallest absolute Gasteiger partial charge is 0.248 e. The molecular weight excluding hydrogens is 400 g/mol. The fourth-order valence-corrected chi connectivity index (χ4v) is 4.08. The second-order valence-electron chi connectivity index (χ2n) is 8.17. The molecule has 0 radical (unpaired) electrons. The number of carbonyl (C=O) groups excluding carboxylic acids is 1. The minimum absolute atomic E-state index is 0.0418. The number of carbonyl (C=O) groups is 1. The molecule has 0 unspecified atom stereocenters. The van der Waals surface area contributed by atoms with Crippen molar-refractivity contribution in [2.75, 3.05) is 37.7 Å². The number of ether oxygens (including phenoxy) is 1. The van der Waals surface area contributed by atoms with Crippen LogP contribution in [0.3, 0.4) is 0 Å². The van der Waals surface area contributed by atoms with Gasteiger partial charge in [0.15, 0.2) is 0 Å². The molecule has 6 nitrogen and oxygen atoms in total. The van der Waals surface area contributed by atoms with Crippen LogP contribution >= 0.6 is 0 Å². The third-order valence-corrected chi connectivity index (χ3v) is 5.80. The fourth-order valence-electron chi connectivity index (χ4n) is 4.08. The Labute approximate surface area is 189 Å². The van der Waals surface area contributed by atoms with E-state index in [0.717, 1.165) is 48.0 Å². The van der Waals surface area contributed by atoms with Gasteiger partial charge in [-0.1, -0.05) is 60.7 Å². The van der Waals surface area contributed by atoms with Gasteiger partial charge in [0.05, 0.1) is 6.61 Å². The highest BCUT2D eigenvalue weighted by molar-refractivity contribution is 5.77. The van der Waals surface area contributed by atoms with Gasteiger partial charge in [0, 0.05) is 43.9 Å². The van der Waals surface area contributed by atoms with Crippen LogP contribution in [0.15, 0.2) is 60.7 Å². The van der Waals surface area contributed by atoms with Gasteiger partial charge in [0.2, 0.25) is 5.91 Å². The largest absolute Gasteiger partial charge is 0.367 e. The van der Waals surface area contributed by atoms with E-state index in [1.807, 2.05) is 48.2 Å². The monoisotopic (exact) mass is 430 g/mol. The lowest BCUT2D eigenvalue weighted by Crippen LogP contribution is -2.50. The average molecular weight is 431 g/mol. The van der Waals surface area contributed by atoms with E-state index in [9.17, 15) is 4.79 Å². The Hall–Kier alpha value is -3.25. The van der Waals surface area contributed by atoms with E-state index < -0.39 is 0 Å². The minimum atomic E-state index is 0.0418. The maximum atomic E-state index is 12.6. The van der Waals surface area contributed by atoms with Crippen molar-refractivity contribution >= 4 is 11.7 Å². The SMILES string of the molecule is Cc1nc(C)c(Cc2ccccc2)c(N2CCN(C(=O)COCc3ccccc3)CC2)n1. The number of amides is 1. The van der Waals surface area contributed by atoms with Gasteiger partial charge in [-0.3, -0.25) is 4.79 Å². The van der Waals surface area contributed by atoms with Gasteiger partial charge in [-0.25, -0.2) is 9.97 Å². The number of benzene rings is 2. The van der Waals surface area contributed by atoms with E-state index in [4.69, 9.17) is 9.72 Å². The summed E-state index contributed by atoms with van der Waals surface area (Å²) in [6.45, 7) is 7.40. The third-order valence-electron chi connectivity index (χ3n) is 5.80. The highest BCUT2D eigenvalue weighted by Gasteiger charge is 2.24. The molecule has 1 aliphatic heterocycles. The standard InChI is InChI=1S/C26H30N4O2/c1-20-24(17-22-9-5-3-6-10-22)26(28-21(2)27-20)30-15-13-29(14-16-30)25(31)19-32-18-23-11-7-4-8-12-23/h3-12H,13-19H2,1-2H3. The molecule has 1 saturated heterocycles. The number of aryl methyl sites for hydroxylation is 2. The van der Waals surface area contributed by atoms with E-state index in [1.165, 1.54) is 5.56 Å². The highest BCUT2D eigenvalue weighted by atomic mass is 16.5. The maximum Gasteiger partial charge on any atom is 0.248 e. The maximum absolute atomic E-state index is 12.6. The van der Waals surface area contributed by atoms with Crippen LogP contribution < -0.4 is 4.90 Å². The summed E-state index contributed by atoms with van der Waals surface area (Å²) in [5.41, 5.74) is 4.50. The Morgan fingerprint density at radius 1 is 0.875 bits per heavy atom. The van der Waals surface area contributed by atoms with Crippen LogP contribution in [0.1, 0.15) is 28.2 Å². The molecule has 6 heteroatoms. The lowest BCUT2D eigenvalue weighted by Gasteiger charge is -2.36. The summed E-state index contributed by atoms with van der Waals surface area (Å²) in [5.74, 6) is 1.81. The summed E-state index contributed by atoms with van der Waals surface area (Å²) >= 11 is 0. The Bertz CT molecular complexity index is 1030. The number of hydrogen-bond donors (Lipinski definition) is 0. The summed E-state index contributed by atoms with van der Waals surface area (Å²) in [6.07, 6.45) is 0.800. The zero-order chi connectivity index (χ0) is 22.3. The molecule has 2 heterocycles. The number of hydrogen-bond acceptors (Lipinski definition) is 5. The van der Waals surface area contributed by atoms with Crippen LogP contribution in [0.4, 0.5) is 5.82 Å². The first-order valence-corrected chi connectivity index (χ1v) is 11.1. The van der Waals surface area contributed by atoms with Crippen molar-refractivity contribution in [3.63, 3.8) is 0 Å². The van der Waals surface area contributed by atoms with Crippen molar-refractivity contribution in [1.82, 2.24) is 14.9 Å². The Morgan fingerprint density at radius 3 is 2.16 bits per heavy atom. The van der Waals surface area contributed by atoms with Crippen LogP contribution in [0.5, 0.6) is 0 Å². The van der Waals surface area contributed by atoms with E-state index in [-0.39, 0.29) is 12.5 Å². The van der Waals surface area contributed by atoms with E-state index >= 15 is 0 Å². The first kappa shape index (κ1) is 22.0. The lowest BCUT2D eigenvalue weighted by atomic mass is 10.0. The van der Waals surface area contributed by atoms with Crippen LogP contribution in [-0.2, 0) is 22.6 Å². The molecule has 0 bridgehead atoms. The van der Waals surface area contributed by atoms with Crippen molar-refractivity contribution in [2.24, 2.45) is 0 Å². The predicted molar refractivity (Wildman–Crippen MR) is 126 cm³/mol. The number of rotatable bonds is 7. The normalized spacial score (nSPS) is 13.9. The van der Waals surface area contributed by atoms with Gasteiger partial charge in [0.1, 0.15) is 18.2 Å². The minimum Gasteiger partial charge on any atom is -0.367 e. The van der Waals surface area contributed by atoms with Crippen molar-refractivity contribution < 1.29 is 9.53 Å². The average Bonchev–Trinajstić information content (AvgIpc) is 2.82. The summed E-state index contributed by atoms with van der Waals surface area (Å²) < 4.78 is 5.64. The molecule has 32 heavy (non-hydrogen) atoms. The van der Waals surface area contributed by atoms with Gasteiger partial charge in [-0.15, -0.1) is 0 Å². The van der Waals surface area contributed by atoms with Gasteiger partial charge in [0.25, 0.3) is 0 Å². The van der Waals surface area contributed by atoms with E-state index in [0.29, 0.717) is 19.7 Å². The van der Waals surface area contributed by atoms with Crippen LogP contribution in [0.2, 0.25) is 0 Å².